The molecule has 0 aromatic carbocycles. The fourth-order valence-electron chi connectivity index (χ4n) is 4.46. The maximum atomic E-state index is 15.5. The van der Waals surface area contributed by atoms with Gasteiger partial charge in [-0.3, -0.25) is 14.2 Å². The van der Waals surface area contributed by atoms with Crippen molar-refractivity contribution in [3.8, 4) is 10.9 Å². The summed E-state index contributed by atoms with van der Waals surface area (Å²) in [6, 6.07) is 0. The molecule has 0 saturated carbocycles. The van der Waals surface area contributed by atoms with Gasteiger partial charge in [-0.1, -0.05) is 0 Å². The maximum Gasteiger partial charge on any atom is 0.341 e. The molecule has 36 heavy (non-hydrogen) atoms. The summed E-state index contributed by atoms with van der Waals surface area (Å²) in [6.45, 7) is 1.60. The number of halogens is 1. The minimum absolute atomic E-state index is 0.00977. The third-order valence-corrected chi connectivity index (χ3v) is 7.18. The number of fused-ring (bicyclic) bond motifs is 1. The van der Waals surface area contributed by atoms with Crippen LogP contribution in [-0.2, 0) is 9.53 Å². The average Bonchev–Trinajstić information content (AvgIpc) is 3.38. The van der Waals surface area contributed by atoms with Gasteiger partial charge in [-0.15, -0.1) is 11.3 Å². The molecule has 2 saturated heterocycles. The Bertz CT molecular complexity index is 1370. The predicted molar refractivity (Wildman–Crippen MR) is 129 cm³/mol. The number of amides is 1. The van der Waals surface area contributed by atoms with E-state index in [0.29, 0.717) is 18.3 Å². The van der Waals surface area contributed by atoms with Crippen LogP contribution in [0.1, 0.15) is 29.6 Å². The van der Waals surface area contributed by atoms with Crippen LogP contribution < -0.4 is 20.4 Å². The van der Waals surface area contributed by atoms with Gasteiger partial charge in [0.2, 0.25) is 17.2 Å². The average molecular weight is 518 g/mol. The molecule has 5 heterocycles. The first-order chi connectivity index (χ1) is 17.4. The Morgan fingerprint density at radius 3 is 2.81 bits per heavy atom. The molecular weight excluding hydrogens is 493 g/mol. The van der Waals surface area contributed by atoms with Crippen LogP contribution >= 0.6 is 11.3 Å². The van der Waals surface area contributed by atoms with Crippen molar-refractivity contribution in [3.05, 3.63) is 39.4 Å². The molecule has 3 aromatic heterocycles. The number of anilines is 1. The number of carboxylic acid groups (broad SMARTS) is 1. The van der Waals surface area contributed by atoms with Crippen LogP contribution in [0.25, 0.3) is 16.2 Å². The number of carboxylic acids is 1. The van der Waals surface area contributed by atoms with Gasteiger partial charge >= 0.3 is 5.97 Å². The van der Waals surface area contributed by atoms with Crippen molar-refractivity contribution in [2.45, 2.75) is 25.4 Å². The minimum Gasteiger partial charge on any atom is -0.493 e. The lowest BCUT2D eigenvalue weighted by Crippen LogP contribution is -2.55. The molecule has 13 heteroatoms. The summed E-state index contributed by atoms with van der Waals surface area (Å²) in [5, 5.41) is 14.2. The zero-order chi connectivity index (χ0) is 25.4. The van der Waals surface area contributed by atoms with Crippen LogP contribution in [0.3, 0.4) is 0 Å². The topological polar surface area (TPSA) is 136 Å². The monoisotopic (exact) mass is 517 g/mol. The van der Waals surface area contributed by atoms with Gasteiger partial charge in [0.1, 0.15) is 10.9 Å². The Hall–Kier alpha value is -3.58. The summed E-state index contributed by atoms with van der Waals surface area (Å²) in [4.78, 5) is 47.4. The number of aromatic nitrogens is 3. The van der Waals surface area contributed by atoms with Crippen molar-refractivity contribution >= 4 is 40.1 Å². The lowest BCUT2D eigenvalue weighted by atomic mass is 9.98. The van der Waals surface area contributed by atoms with E-state index in [2.05, 4.69) is 15.3 Å². The Morgan fingerprint density at radius 1 is 1.36 bits per heavy atom. The van der Waals surface area contributed by atoms with Gasteiger partial charge in [0, 0.05) is 44.0 Å². The largest absolute Gasteiger partial charge is 0.493 e. The number of methoxy groups -OCH3 is 1. The second-order valence-corrected chi connectivity index (χ2v) is 9.55. The first-order valence-corrected chi connectivity index (χ1v) is 12.4. The van der Waals surface area contributed by atoms with Gasteiger partial charge in [0.25, 0.3) is 0 Å². The number of hydrogen-bond donors (Lipinski definition) is 2. The second-order valence-electron chi connectivity index (χ2n) is 8.68. The van der Waals surface area contributed by atoms with Crippen LogP contribution in [0.15, 0.2) is 22.6 Å². The zero-order valence-electron chi connectivity index (χ0n) is 19.4. The number of nitrogens with one attached hydrogen (secondary N) is 1. The molecule has 3 aromatic rings. The van der Waals surface area contributed by atoms with Crippen molar-refractivity contribution in [2.75, 3.05) is 38.3 Å². The van der Waals surface area contributed by atoms with Gasteiger partial charge < -0.3 is 24.8 Å². The van der Waals surface area contributed by atoms with Gasteiger partial charge in [-0.05, 0) is 19.3 Å². The van der Waals surface area contributed by atoms with E-state index in [1.54, 1.807) is 10.3 Å². The highest BCUT2D eigenvalue weighted by molar-refractivity contribution is 7.12. The number of nitrogens with zero attached hydrogens (tertiary/aromatic N) is 4. The third-order valence-electron chi connectivity index (χ3n) is 6.41. The van der Waals surface area contributed by atoms with Crippen LogP contribution in [0, 0.1) is 11.7 Å². The van der Waals surface area contributed by atoms with Crippen molar-refractivity contribution in [1.82, 2.24) is 19.9 Å². The molecular formula is C23H24FN5O6S. The molecule has 2 N–H and O–H groups in total. The van der Waals surface area contributed by atoms with E-state index >= 15 is 4.39 Å². The fourth-order valence-corrected chi connectivity index (χ4v) is 5.08. The van der Waals surface area contributed by atoms with Crippen LogP contribution in [0.2, 0.25) is 0 Å². The molecule has 2 aliphatic heterocycles. The molecule has 0 spiro atoms. The first-order valence-electron chi connectivity index (χ1n) is 11.5. The van der Waals surface area contributed by atoms with Crippen molar-refractivity contribution in [2.24, 2.45) is 5.92 Å². The van der Waals surface area contributed by atoms with E-state index in [-0.39, 0.29) is 47.9 Å². The number of hydrogen-bond acceptors (Lipinski definition) is 9. The molecule has 2 fully saturated rings. The van der Waals surface area contributed by atoms with E-state index in [0.717, 1.165) is 25.5 Å². The molecule has 5 rings (SSSR count). The Morgan fingerprint density at radius 2 is 2.17 bits per heavy atom. The van der Waals surface area contributed by atoms with E-state index in [9.17, 15) is 19.5 Å². The molecule has 0 radical (unpaired) electrons. The van der Waals surface area contributed by atoms with Crippen molar-refractivity contribution < 1.29 is 28.6 Å². The smallest absolute Gasteiger partial charge is 0.341 e. The van der Waals surface area contributed by atoms with Gasteiger partial charge in [0.05, 0.1) is 19.1 Å². The van der Waals surface area contributed by atoms with E-state index in [1.807, 2.05) is 0 Å². The first kappa shape index (κ1) is 24.1. The summed E-state index contributed by atoms with van der Waals surface area (Å²) >= 11 is 1.20. The van der Waals surface area contributed by atoms with Gasteiger partial charge in [-0.25, -0.2) is 14.8 Å². The maximum absolute atomic E-state index is 15.5. The standard InChI is InChI=1S/C23H24FN5O6S/c1-34-18-15-17(30)14(22(32)33)11-29(23-25-5-7-36-23)19(15)27-20(16(18)24)28-9-12(10-28)21(31)26-8-13-4-2-3-6-35-13/h5,7,11-13H,2-4,6,8-10H2,1H3,(H,26,31)(H,32,33). The Kier molecular flexibility index (Phi) is 6.58. The summed E-state index contributed by atoms with van der Waals surface area (Å²) in [5.74, 6) is -3.35. The quantitative estimate of drug-likeness (QED) is 0.481. The van der Waals surface area contributed by atoms with E-state index < -0.39 is 28.5 Å². The zero-order valence-corrected chi connectivity index (χ0v) is 20.2. The molecule has 2 aliphatic rings. The predicted octanol–water partition coefficient (Wildman–Crippen LogP) is 1.81. The third kappa shape index (κ3) is 4.28. The lowest BCUT2D eigenvalue weighted by molar-refractivity contribution is -0.126. The summed E-state index contributed by atoms with van der Waals surface area (Å²) < 4.78 is 27.7. The minimum atomic E-state index is -1.46. The Labute approximate surface area is 208 Å². The number of pyridine rings is 2. The molecule has 1 atom stereocenters. The highest BCUT2D eigenvalue weighted by atomic mass is 32.1. The SMILES string of the molecule is COc1c(F)c(N2CC(C(=O)NCC3CCCCO3)C2)nc2c1c(=O)c(C(=O)O)cn2-c1nccs1. The van der Waals surface area contributed by atoms with Crippen LogP contribution in [0.4, 0.5) is 10.2 Å². The summed E-state index contributed by atoms with van der Waals surface area (Å²) in [5.41, 5.74) is -1.46. The highest BCUT2D eigenvalue weighted by Gasteiger charge is 2.37. The second kappa shape index (κ2) is 9.82. The van der Waals surface area contributed by atoms with Gasteiger partial charge in [0.15, 0.2) is 22.3 Å². The number of thiazole rings is 1. The number of carbonyl (C=O) groups is 2. The molecule has 1 amide bonds. The molecule has 0 aliphatic carbocycles. The van der Waals surface area contributed by atoms with Gasteiger partial charge in [-0.2, -0.15) is 4.39 Å². The van der Waals surface area contributed by atoms with Crippen molar-refractivity contribution in [1.29, 1.82) is 0 Å². The van der Waals surface area contributed by atoms with Crippen LogP contribution in [0.5, 0.6) is 5.75 Å². The molecule has 0 bridgehead atoms. The fraction of sp³-hybridized carbons (Fsp3) is 0.435. The highest BCUT2D eigenvalue weighted by Crippen LogP contribution is 2.36. The summed E-state index contributed by atoms with van der Waals surface area (Å²) in [7, 11) is 1.20. The molecule has 11 nitrogen and oxygen atoms in total. The number of rotatable bonds is 7. The van der Waals surface area contributed by atoms with Crippen molar-refractivity contribution in [3.63, 3.8) is 0 Å². The lowest BCUT2D eigenvalue weighted by Gasteiger charge is -2.39. The summed E-state index contributed by atoms with van der Waals surface area (Å²) in [6.07, 6.45) is 5.67. The van der Waals surface area contributed by atoms with E-state index in [4.69, 9.17) is 9.47 Å². The number of ether oxygens (including phenoxy) is 2. The number of carbonyl (C=O) groups excluding carboxylic acids is 1. The number of aromatic carboxylic acids is 1. The Balaban J connectivity index is 1.46. The van der Waals surface area contributed by atoms with Crippen LogP contribution in [-0.4, -0.2) is 71.0 Å². The van der Waals surface area contributed by atoms with E-state index in [1.165, 1.54) is 29.2 Å². The normalized spacial score (nSPS) is 18.2. The molecule has 1 unspecified atom stereocenters. The molecule has 190 valence electrons.